The number of guanidine groups is 1. The second-order valence-electron chi connectivity index (χ2n) is 7.12. The molecule has 3 rings (SSSR count). The molecule has 2 N–H and O–H groups in total. The van der Waals surface area contributed by atoms with Crippen LogP contribution >= 0.6 is 0 Å². The minimum Gasteiger partial charge on any atom is -0.497 e. The van der Waals surface area contributed by atoms with Crippen LogP contribution in [0.2, 0.25) is 0 Å². The Morgan fingerprint density at radius 2 is 2.03 bits per heavy atom. The van der Waals surface area contributed by atoms with E-state index in [1.165, 1.54) is 5.56 Å². The van der Waals surface area contributed by atoms with Crippen LogP contribution in [-0.2, 0) is 13.1 Å². The molecule has 1 saturated heterocycles. The van der Waals surface area contributed by atoms with Crippen molar-refractivity contribution in [3.8, 4) is 11.5 Å². The second kappa shape index (κ2) is 10.7. The van der Waals surface area contributed by atoms with Crippen molar-refractivity contribution in [1.29, 1.82) is 0 Å². The van der Waals surface area contributed by atoms with E-state index in [1.54, 1.807) is 20.4 Å². The van der Waals surface area contributed by atoms with Crippen molar-refractivity contribution in [3.05, 3.63) is 42.2 Å². The zero-order chi connectivity index (χ0) is 20.5. The summed E-state index contributed by atoms with van der Waals surface area (Å²) >= 11 is 0. The number of hydrogen-bond acceptors (Lipinski definition) is 5. The SMILES string of the molecule is CCNC(=NCCn1cccn1)NC1CCN(Cc2cc(OC)cc(OC)c2)C1. The largest absolute Gasteiger partial charge is 0.497 e. The zero-order valence-corrected chi connectivity index (χ0v) is 17.6. The number of nitrogens with zero attached hydrogens (tertiary/aromatic N) is 4. The number of ether oxygens (including phenoxy) is 2. The Morgan fingerprint density at radius 1 is 1.24 bits per heavy atom. The molecule has 0 aliphatic carbocycles. The monoisotopic (exact) mass is 400 g/mol. The molecule has 0 saturated carbocycles. The van der Waals surface area contributed by atoms with Crippen molar-refractivity contribution in [2.45, 2.75) is 32.5 Å². The molecule has 1 aromatic heterocycles. The van der Waals surface area contributed by atoms with Gasteiger partial charge in [0.1, 0.15) is 11.5 Å². The van der Waals surface area contributed by atoms with Crippen molar-refractivity contribution in [3.63, 3.8) is 0 Å². The van der Waals surface area contributed by atoms with E-state index in [9.17, 15) is 0 Å². The molecule has 0 bridgehead atoms. The summed E-state index contributed by atoms with van der Waals surface area (Å²) < 4.78 is 12.7. The summed E-state index contributed by atoms with van der Waals surface area (Å²) in [6.07, 6.45) is 4.83. The van der Waals surface area contributed by atoms with E-state index in [2.05, 4.69) is 44.7 Å². The molecule has 158 valence electrons. The Morgan fingerprint density at radius 3 is 2.69 bits per heavy atom. The first kappa shape index (κ1) is 21.0. The zero-order valence-electron chi connectivity index (χ0n) is 17.6. The lowest BCUT2D eigenvalue weighted by Crippen LogP contribution is -2.44. The highest BCUT2D eigenvalue weighted by Crippen LogP contribution is 2.24. The van der Waals surface area contributed by atoms with Crippen molar-refractivity contribution in [2.24, 2.45) is 4.99 Å². The number of rotatable bonds is 9. The van der Waals surface area contributed by atoms with Gasteiger partial charge in [0, 0.05) is 50.7 Å². The number of aliphatic imine (C=N–C) groups is 1. The highest BCUT2D eigenvalue weighted by atomic mass is 16.5. The van der Waals surface area contributed by atoms with Crippen LogP contribution in [0, 0.1) is 0 Å². The van der Waals surface area contributed by atoms with Crippen LogP contribution in [-0.4, -0.2) is 67.1 Å². The summed E-state index contributed by atoms with van der Waals surface area (Å²) in [7, 11) is 3.37. The van der Waals surface area contributed by atoms with Crippen molar-refractivity contribution in [2.75, 3.05) is 40.4 Å². The van der Waals surface area contributed by atoms with Crippen LogP contribution < -0.4 is 20.1 Å². The molecule has 8 nitrogen and oxygen atoms in total. The summed E-state index contributed by atoms with van der Waals surface area (Å²) in [4.78, 5) is 7.13. The van der Waals surface area contributed by atoms with Crippen LogP contribution in [0.25, 0.3) is 0 Å². The van der Waals surface area contributed by atoms with Gasteiger partial charge >= 0.3 is 0 Å². The molecule has 2 aromatic rings. The van der Waals surface area contributed by atoms with E-state index < -0.39 is 0 Å². The average Bonchev–Trinajstić information content (AvgIpc) is 3.40. The van der Waals surface area contributed by atoms with Gasteiger partial charge in [-0.3, -0.25) is 14.6 Å². The molecule has 2 heterocycles. The summed E-state index contributed by atoms with van der Waals surface area (Å²) in [6.45, 7) is 7.29. The van der Waals surface area contributed by atoms with Crippen LogP contribution in [0.1, 0.15) is 18.9 Å². The third-order valence-corrected chi connectivity index (χ3v) is 4.93. The molecule has 1 unspecified atom stereocenters. The minimum absolute atomic E-state index is 0.380. The van der Waals surface area contributed by atoms with E-state index in [0.29, 0.717) is 12.6 Å². The third-order valence-electron chi connectivity index (χ3n) is 4.93. The van der Waals surface area contributed by atoms with Gasteiger partial charge in [0.2, 0.25) is 0 Å². The number of methoxy groups -OCH3 is 2. The Kier molecular flexibility index (Phi) is 7.75. The average molecular weight is 401 g/mol. The predicted molar refractivity (Wildman–Crippen MR) is 115 cm³/mol. The van der Waals surface area contributed by atoms with E-state index in [-0.39, 0.29) is 0 Å². The highest BCUT2D eigenvalue weighted by molar-refractivity contribution is 5.80. The van der Waals surface area contributed by atoms with Gasteiger partial charge in [-0.1, -0.05) is 0 Å². The van der Waals surface area contributed by atoms with Gasteiger partial charge in [-0.25, -0.2) is 0 Å². The maximum absolute atomic E-state index is 5.39. The molecule has 0 amide bonds. The van der Waals surface area contributed by atoms with Crippen LogP contribution in [0.15, 0.2) is 41.7 Å². The van der Waals surface area contributed by atoms with Gasteiger partial charge in [-0.05, 0) is 37.1 Å². The number of benzene rings is 1. The lowest BCUT2D eigenvalue weighted by molar-refractivity contribution is 0.321. The Labute approximate surface area is 172 Å². The van der Waals surface area contributed by atoms with Gasteiger partial charge in [0.15, 0.2) is 5.96 Å². The van der Waals surface area contributed by atoms with Crippen molar-refractivity contribution >= 4 is 5.96 Å². The molecule has 29 heavy (non-hydrogen) atoms. The molecular weight excluding hydrogens is 368 g/mol. The van der Waals surface area contributed by atoms with E-state index in [1.807, 2.05) is 23.0 Å². The number of hydrogen-bond donors (Lipinski definition) is 2. The van der Waals surface area contributed by atoms with Crippen LogP contribution in [0.3, 0.4) is 0 Å². The van der Waals surface area contributed by atoms with E-state index in [0.717, 1.165) is 56.6 Å². The van der Waals surface area contributed by atoms with Gasteiger partial charge in [0.05, 0.1) is 27.3 Å². The highest BCUT2D eigenvalue weighted by Gasteiger charge is 2.23. The van der Waals surface area contributed by atoms with Gasteiger partial charge < -0.3 is 20.1 Å². The molecule has 1 fully saturated rings. The van der Waals surface area contributed by atoms with Gasteiger partial charge in [-0.2, -0.15) is 5.10 Å². The van der Waals surface area contributed by atoms with Crippen molar-refractivity contribution in [1.82, 2.24) is 25.3 Å². The first-order valence-electron chi connectivity index (χ1n) is 10.2. The number of nitrogens with one attached hydrogen (secondary N) is 2. The molecule has 1 atom stereocenters. The van der Waals surface area contributed by atoms with E-state index in [4.69, 9.17) is 9.47 Å². The fraction of sp³-hybridized carbons (Fsp3) is 0.524. The Bertz CT molecular complexity index is 755. The van der Waals surface area contributed by atoms with E-state index >= 15 is 0 Å². The molecule has 8 heteroatoms. The summed E-state index contributed by atoms with van der Waals surface area (Å²) in [6, 6.07) is 8.36. The Balaban J connectivity index is 1.52. The standard InChI is InChI=1S/C21H32N6O2/c1-4-22-21(23-8-11-27-9-5-7-24-27)25-18-6-10-26(16-18)15-17-12-19(28-2)14-20(13-17)29-3/h5,7,9,12-14,18H,4,6,8,10-11,15-16H2,1-3H3,(H2,22,23,25). The maximum Gasteiger partial charge on any atom is 0.191 e. The van der Waals surface area contributed by atoms with Gasteiger partial charge in [0.25, 0.3) is 0 Å². The minimum atomic E-state index is 0.380. The predicted octanol–water partition coefficient (Wildman–Crippen LogP) is 1.73. The van der Waals surface area contributed by atoms with Gasteiger partial charge in [-0.15, -0.1) is 0 Å². The Hall–Kier alpha value is -2.74. The number of likely N-dealkylation sites (tertiary alicyclic amines) is 1. The van der Waals surface area contributed by atoms with Crippen LogP contribution in [0.4, 0.5) is 0 Å². The topological polar surface area (TPSA) is 75.9 Å². The third kappa shape index (κ3) is 6.39. The normalized spacial score (nSPS) is 17.3. The summed E-state index contributed by atoms with van der Waals surface area (Å²) in [5, 5.41) is 11.1. The van der Waals surface area contributed by atoms with Crippen LogP contribution in [0.5, 0.6) is 11.5 Å². The number of aromatic nitrogens is 2. The molecule has 0 radical (unpaired) electrons. The molecule has 0 spiro atoms. The molecular formula is C21H32N6O2. The summed E-state index contributed by atoms with van der Waals surface area (Å²) in [5.74, 6) is 2.52. The molecule has 1 aromatic carbocycles. The molecule has 1 aliphatic rings. The maximum atomic E-state index is 5.39. The lowest BCUT2D eigenvalue weighted by Gasteiger charge is -2.19. The first-order valence-corrected chi connectivity index (χ1v) is 10.2. The second-order valence-corrected chi connectivity index (χ2v) is 7.12. The quantitative estimate of drug-likeness (QED) is 0.493. The first-order chi connectivity index (χ1) is 14.2. The fourth-order valence-corrected chi connectivity index (χ4v) is 3.52. The summed E-state index contributed by atoms with van der Waals surface area (Å²) in [5.41, 5.74) is 1.20. The fourth-order valence-electron chi connectivity index (χ4n) is 3.52. The van der Waals surface area contributed by atoms with Crippen molar-refractivity contribution < 1.29 is 9.47 Å². The lowest BCUT2D eigenvalue weighted by atomic mass is 10.2. The smallest absolute Gasteiger partial charge is 0.191 e. The molecule has 1 aliphatic heterocycles.